The molecule has 2 aromatic carbocycles. The number of nitrogens with zero attached hydrogens (tertiary/aromatic N) is 5. The summed E-state index contributed by atoms with van der Waals surface area (Å²) >= 11 is 0. The number of benzene rings is 2. The largest absolute Gasteiger partial charge is 0.310 e. The minimum Gasteiger partial charge on any atom is -0.310 e. The summed E-state index contributed by atoms with van der Waals surface area (Å²) in [5.41, 5.74) is 8.20. The molecule has 32 heavy (non-hydrogen) atoms. The first-order valence-corrected chi connectivity index (χ1v) is 10.6. The molecule has 0 fully saturated rings. The molecule has 0 bridgehead atoms. The number of hydrogen-bond donors (Lipinski definition) is 1. The fourth-order valence-corrected chi connectivity index (χ4v) is 4.21. The first-order chi connectivity index (χ1) is 15.4. The molecular weight excluding hydrogens is 400 g/mol. The standard InChI is InChI=1S/C25H24N6O/c1-14-5-8-18(9-6-14)21-13-26-29-25(27-21)31-24-23(17(4)30-31)20(12-22(32)28-24)19-10-7-15(2)16(3)11-19/h5-11,13,20H,12H2,1-4H3,(H,28,32)/t20-/m1/s1. The SMILES string of the molecule is Cc1ccc(-c2cnnc(-n3nc(C)c4c3NC(=O)C[C@@H]4c3ccc(C)c(C)c3)n2)cc1. The van der Waals surface area contributed by atoms with Crippen LogP contribution in [0.4, 0.5) is 5.82 Å². The Bertz CT molecular complexity index is 1340. The third kappa shape index (κ3) is 3.45. The van der Waals surface area contributed by atoms with E-state index in [-0.39, 0.29) is 11.8 Å². The Morgan fingerprint density at radius 1 is 1.00 bits per heavy atom. The van der Waals surface area contributed by atoms with Crippen molar-refractivity contribution in [1.82, 2.24) is 25.0 Å². The Hall–Kier alpha value is -3.87. The van der Waals surface area contributed by atoms with Crippen LogP contribution >= 0.6 is 0 Å². The second-order valence-electron chi connectivity index (χ2n) is 8.42. The molecule has 4 aromatic rings. The number of amides is 1. The zero-order chi connectivity index (χ0) is 22.4. The molecule has 0 saturated carbocycles. The number of nitrogens with one attached hydrogen (secondary N) is 1. The average molecular weight is 425 g/mol. The van der Waals surface area contributed by atoms with Crippen LogP contribution in [0, 0.1) is 27.7 Å². The molecule has 0 saturated heterocycles. The van der Waals surface area contributed by atoms with Crippen molar-refractivity contribution in [2.75, 3.05) is 5.32 Å². The molecule has 1 aliphatic heterocycles. The maximum Gasteiger partial charge on any atom is 0.272 e. The Balaban J connectivity index is 1.61. The summed E-state index contributed by atoms with van der Waals surface area (Å²) < 4.78 is 1.60. The summed E-state index contributed by atoms with van der Waals surface area (Å²) in [7, 11) is 0. The van der Waals surface area contributed by atoms with Gasteiger partial charge in [-0.15, -0.1) is 5.10 Å². The predicted octanol–water partition coefficient (Wildman–Crippen LogP) is 4.43. The predicted molar refractivity (Wildman–Crippen MR) is 123 cm³/mol. The Kier molecular flexibility index (Phi) is 4.81. The maximum absolute atomic E-state index is 12.7. The molecule has 1 N–H and O–H groups in total. The summed E-state index contributed by atoms with van der Waals surface area (Å²) in [4.78, 5) is 17.4. The topological polar surface area (TPSA) is 85.6 Å². The van der Waals surface area contributed by atoms with Crippen molar-refractivity contribution in [3.63, 3.8) is 0 Å². The van der Waals surface area contributed by atoms with Crippen LogP contribution in [0.3, 0.4) is 0 Å². The quantitative estimate of drug-likeness (QED) is 0.526. The average Bonchev–Trinajstić information content (AvgIpc) is 3.12. The van der Waals surface area contributed by atoms with E-state index in [2.05, 4.69) is 52.5 Å². The van der Waals surface area contributed by atoms with Crippen LogP contribution < -0.4 is 5.32 Å². The summed E-state index contributed by atoms with van der Waals surface area (Å²) in [5.74, 6) is 0.822. The fraction of sp³-hybridized carbons (Fsp3) is 0.240. The number of hydrogen-bond acceptors (Lipinski definition) is 5. The van der Waals surface area contributed by atoms with Gasteiger partial charge in [-0.05, 0) is 44.4 Å². The van der Waals surface area contributed by atoms with Crippen molar-refractivity contribution in [3.05, 3.63) is 82.2 Å². The molecule has 7 nitrogen and oxygen atoms in total. The molecule has 7 heteroatoms. The molecule has 3 heterocycles. The number of carbonyl (C=O) groups excluding carboxylic acids is 1. The van der Waals surface area contributed by atoms with Crippen LogP contribution in [-0.2, 0) is 4.79 Å². The molecule has 0 aliphatic carbocycles. The van der Waals surface area contributed by atoms with Crippen LogP contribution in [0.15, 0.2) is 48.7 Å². The van der Waals surface area contributed by atoms with Crippen molar-refractivity contribution in [3.8, 4) is 17.2 Å². The number of aromatic nitrogens is 5. The van der Waals surface area contributed by atoms with Crippen LogP contribution in [0.5, 0.6) is 0 Å². The summed E-state index contributed by atoms with van der Waals surface area (Å²) in [6.45, 7) is 8.18. The fourth-order valence-electron chi connectivity index (χ4n) is 4.21. The zero-order valence-corrected chi connectivity index (χ0v) is 18.5. The first kappa shape index (κ1) is 20.1. The van der Waals surface area contributed by atoms with Crippen molar-refractivity contribution in [2.24, 2.45) is 0 Å². The molecule has 1 amide bonds. The van der Waals surface area contributed by atoms with Gasteiger partial charge in [0.2, 0.25) is 5.91 Å². The van der Waals surface area contributed by atoms with Gasteiger partial charge >= 0.3 is 0 Å². The van der Waals surface area contributed by atoms with Gasteiger partial charge in [-0.1, -0.05) is 48.0 Å². The lowest BCUT2D eigenvalue weighted by Gasteiger charge is -2.24. The molecular formula is C25H24N6O. The van der Waals surface area contributed by atoms with Crippen LogP contribution in [0.1, 0.15) is 45.8 Å². The van der Waals surface area contributed by atoms with E-state index >= 15 is 0 Å². The number of anilines is 1. The Morgan fingerprint density at radius 3 is 2.53 bits per heavy atom. The lowest BCUT2D eigenvalue weighted by molar-refractivity contribution is -0.116. The van der Waals surface area contributed by atoms with Gasteiger partial charge in [0.1, 0.15) is 5.82 Å². The molecule has 0 spiro atoms. The van der Waals surface area contributed by atoms with E-state index in [1.54, 1.807) is 10.9 Å². The van der Waals surface area contributed by atoms with Crippen molar-refractivity contribution < 1.29 is 4.79 Å². The lowest BCUT2D eigenvalue weighted by Crippen LogP contribution is -2.25. The molecule has 5 rings (SSSR count). The molecule has 1 aliphatic rings. The maximum atomic E-state index is 12.7. The third-order valence-electron chi connectivity index (χ3n) is 6.12. The van der Waals surface area contributed by atoms with Crippen molar-refractivity contribution in [2.45, 2.75) is 40.0 Å². The van der Waals surface area contributed by atoms with E-state index in [1.165, 1.54) is 16.7 Å². The van der Waals surface area contributed by atoms with Gasteiger partial charge in [0, 0.05) is 23.5 Å². The van der Waals surface area contributed by atoms with E-state index in [9.17, 15) is 4.79 Å². The number of rotatable bonds is 3. The van der Waals surface area contributed by atoms with Crippen LogP contribution in [0.25, 0.3) is 17.2 Å². The number of fused-ring (bicyclic) bond motifs is 1. The molecule has 160 valence electrons. The highest BCUT2D eigenvalue weighted by molar-refractivity contribution is 5.95. The molecule has 0 radical (unpaired) electrons. The van der Waals surface area contributed by atoms with E-state index in [4.69, 9.17) is 5.10 Å². The molecule has 1 atom stereocenters. The normalized spacial score (nSPS) is 15.4. The highest BCUT2D eigenvalue weighted by Gasteiger charge is 2.33. The minimum absolute atomic E-state index is 0.0514. The Labute approximate surface area is 186 Å². The minimum atomic E-state index is -0.0694. The van der Waals surface area contributed by atoms with Gasteiger partial charge in [-0.25, -0.2) is 4.98 Å². The van der Waals surface area contributed by atoms with E-state index in [1.807, 2.05) is 38.1 Å². The van der Waals surface area contributed by atoms with Crippen molar-refractivity contribution in [1.29, 1.82) is 0 Å². The van der Waals surface area contributed by atoms with Crippen LogP contribution in [-0.4, -0.2) is 30.9 Å². The number of aryl methyl sites for hydroxylation is 4. The second-order valence-corrected chi connectivity index (χ2v) is 8.42. The second kappa shape index (κ2) is 7.67. The van der Waals surface area contributed by atoms with Gasteiger partial charge in [0.25, 0.3) is 5.95 Å². The van der Waals surface area contributed by atoms with E-state index in [0.29, 0.717) is 23.9 Å². The Morgan fingerprint density at radius 2 is 1.78 bits per heavy atom. The van der Waals surface area contributed by atoms with Gasteiger partial charge in [-0.3, -0.25) is 4.79 Å². The van der Waals surface area contributed by atoms with E-state index in [0.717, 1.165) is 22.4 Å². The monoisotopic (exact) mass is 424 g/mol. The molecule has 0 unspecified atom stereocenters. The van der Waals surface area contributed by atoms with Gasteiger partial charge in [0.05, 0.1) is 17.6 Å². The van der Waals surface area contributed by atoms with E-state index < -0.39 is 0 Å². The smallest absolute Gasteiger partial charge is 0.272 e. The summed E-state index contributed by atoms with van der Waals surface area (Å²) in [6, 6.07) is 14.4. The van der Waals surface area contributed by atoms with Gasteiger partial charge in [-0.2, -0.15) is 14.9 Å². The summed E-state index contributed by atoms with van der Waals surface area (Å²) in [6.07, 6.45) is 2.01. The van der Waals surface area contributed by atoms with Gasteiger partial charge in [0.15, 0.2) is 0 Å². The first-order valence-electron chi connectivity index (χ1n) is 10.6. The molecule has 2 aromatic heterocycles. The number of carbonyl (C=O) groups is 1. The highest BCUT2D eigenvalue weighted by Crippen LogP contribution is 2.40. The van der Waals surface area contributed by atoms with Gasteiger partial charge < -0.3 is 5.32 Å². The lowest BCUT2D eigenvalue weighted by atomic mass is 9.84. The summed E-state index contributed by atoms with van der Waals surface area (Å²) in [5, 5.41) is 16.1. The highest BCUT2D eigenvalue weighted by atomic mass is 16.1. The van der Waals surface area contributed by atoms with Crippen LogP contribution in [0.2, 0.25) is 0 Å². The third-order valence-corrected chi connectivity index (χ3v) is 6.12. The zero-order valence-electron chi connectivity index (χ0n) is 18.5. The van der Waals surface area contributed by atoms with Crippen molar-refractivity contribution >= 4 is 11.7 Å².